The van der Waals surface area contributed by atoms with Gasteiger partial charge in [-0.25, -0.2) is 9.97 Å². The summed E-state index contributed by atoms with van der Waals surface area (Å²) in [5, 5.41) is 1.92. The van der Waals surface area contributed by atoms with E-state index in [9.17, 15) is 0 Å². The van der Waals surface area contributed by atoms with Crippen molar-refractivity contribution in [1.82, 2.24) is 9.97 Å². The van der Waals surface area contributed by atoms with Crippen LogP contribution in [0.1, 0.15) is 23.2 Å². The Morgan fingerprint density at radius 2 is 2.21 bits per heavy atom. The van der Waals surface area contributed by atoms with E-state index in [1.165, 1.54) is 17.7 Å². The molecule has 3 rings (SSSR count). The lowest BCUT2D eigenvalue weighted by Crippen LogP contribution is -2.03. The molecule has 0 atom stereocenters. The molecule has 0 aromatic carbocycles. The smallest absolute Gasteiger partial charge is 0.116 e. The first-order valence-electron chi connectivity index (χ1n) is 6.28. The molecule has 98 valence electrons. The second-order valence-corrected chi connectivity index (χ2v) is 6.34. The van der Waals surface area contributed by atoms with Crippen LogP contribution < -0.4 is 5.73 Å². The van der Waals surface area contributed by atoms with Crippen LogP contribution in [0.15, 0.2) is 38.9 Å². The molecule has 5 heteroatoms. The summed E-state index contributed by atoms with van der Waals surface area (Å²) in [5.41, 5.74) is 9.56. The molecular weight excluding hydrogens is 322 g/mol. The highest BCUT2D eigenvalue weighted by atomic mass is 79.9. The van der Waals surface area contributed by atoms with Gasteiger partial charge in [0.1, 0.15) is 10.1 Å². The second kappa shape index (κ2) is 5.61. The zero-order valence-corrected chi connectivity index (χ0v) is 12.8. The molecule has 0 radical (unpaired) electrons. The normalized spacial score (nSPS) is 13.6. The zero-order valence-electron chi connectivity index (χ0n) is 10.4. The van der Waals surface area contributed by atoms with Gasteiger partial charge in [0.2, 0.25) is 0 Å². The molecule has 0 unspecified atom stereocenters. The number of rotatable bonds is 3. The van der Waals surface area contributed by atoms with Gasteiger partial charge in [0, 0.05) is 18.4 Å². The Balaban J connectivity index is 1.98. The molecule has 0 saturated carbocycles. The Bertz CT molecular complexity index is 616. The van der Waals surface area contributed by atoms with E-state index in [1.54, 1.807) is 18.0 Å². The maximum Gasteiger partial charge on any atom is 0.116 e. The van der Waals surface area contributed by atoms with E-state index in [1.807, 2.05) is 12.1 Å². The molecule has 1 aliphatic rings. The maximum absolute atomic E-state index is 5.85. The van der Waals surface area contributed by atoms with E-state index in [-0.39, 0.29) is 0 Å². The third-order valence-electron chi connectivity index (χ3n) is 3.23. The highest BCUT2D eigenvalue weighted by Gasteiger charge is 2.17. The van der Waals surface area contributed by atoms with Crippen molar-refractivity contribution in [2.24, 2.45) is 5.73 Å². The topological polar surface area (TPSA) is 51.8 Å². The van der Waals surface area contributed by atoms with Crippen LogP contribution in [0.2, 0.25) is 0 Å². The summed E-state index contributed by atoms with van der Waals surface area (Å²) in [6.45, 7) is 0.521. The molecule has 3 nitrogen and oxygen atoms in total. The summed E-state index contributed by atoms with van der Waals surface area (Å²) in [4.78, 5) is 9.16. The van der Waals surface area contributed by atoms with Crippen molar-refractivity contribution in [3.05, 3.63) is 45.7 Å². The van der Waals surface area contributed by atoms with Crippen LogP contribution in [-0.4, -0.2) is 9.97 Å². The number of hydrogen-bond donors (Lipinski definition) is 1. The maximum atomic E-state index is 5.85. The number of fused-ring (bicyclic) bond motifs is 1. The summed E-state index contributed by atoms with van der Waals surface area (Å²) >= 11 is 5.10. The van der Waals surface area contributed by atoms with Crippen molar-refractivity contribution in [2.75, 3.05) is 0 Å². The molecule has 1 aliphatic carbocycles. The van der Waals surface area contributed by atoms with Crippen molar-refractivity contribution in [3.8, 4) is 0 Å². The Morgan fingerprint density at radius 3 is 3.00 bits per heavy atom. The molecule has 2 aromatic heterocycles. The Labute approximate surface area is 125 Å². The Morgan fingerprint density at radius 1 is 1.32 bits per heavy atom. The highest BCUT2D eigenvalue weighted by molar-refractivity contribution is 9.10. The standard InChI is InChI=1S/C14H14BrN3S/c15-11-4-2-6-17-14(11)19-13-10(8-16)7-9-3-1-5-12(9)18-13/h2,4,6-7H,1,3,5,8,16H2. The van der Waals surface area contributed by atoms with E-state index in [2.05, 4.69) is 27.0 Å². The average molecular weight is 336 g/mol. The summed E-state index contributed by atoms with van der Waals surface area (Å²) in [6, 6.07) is 6.12. The number of nitrogens with two attached hydrogens (primary N) is 1. The van der Waals surface area contributed by atoms with E-state index in [0.717, 1.165) is 32.9 Å². The number of pyridine rings is 2. The Kier molecular flexibility index (Phi) is 3.86. The van der Waals surface area contributed by atoms with E-state index in [4.69, 9.17) is 10.7 Å². The van der Waals surface area contributed by atoms with Crippen molar-refractivity contribution >= 4 is 27.7 Å². The fourth-order valence-electron chi connectivity index (χ4n) is 2.27. The summed E-state index contributed by atoms with van der Waals surface area (Å²) < 4.78 is 0.991. The molecule has 2 N–H and O–H groups in total. The monoisotopic (exact) mass is 335 g/mol. The van der Waals surface area contributed by atoms with Gasteiger partial charge in [0.15, 0.2) is 0 Å². The van der Waals surface area contributed by atoms with Gasteiger partial charge in [0.05, 0.1) is 4.47 Å². The SMILES string of the molecule is NCc1cc2c(nc1Sc1ncccc1Br)CCC2. The molecular formula is C14H14BrN3S. The van der Waals surface area contributed by atoms with Crippen molar-refractivity contribution in [1.29, 1.82) is 0 Å². The lowest BCUT2D eigenvalue weighted by Gasteiger charge is -2.10. The van der Waals surface area contributed by atoms with Gasteiger partial charge < -0.3 is 5.73 Å². The van der Waals surface area contributed by atoms with Crippen LogP contribution in [0.3, 0.4) is 0 Å². The van der Waals surface area contributed by atoms with E-state index in [0.29, 0.717) is 6.54 Å². The quantitative estimate of drug-likeness (QED) is 0.934. The lowest BCUT2D eigenvalue weighted by molar-refractivity contribution is 0.883. The van der Waals surface area contributed by atoms with E-state index < -0.39 is 0 Å². The van der Waals surface area contributed by atoms with Crippen molar-refractivity contribution < 1.29 is 0 Å². The summed E-state index contributed by atoms with van der Waals surface area (Å²) in [7, 11) is 0. The van der Waals surface area contributed by atoms with Crippen molar-refractivity contribution in [3.63, 3.8) is 0 Å². The molecule has 0 saturated heterocycles. The first-order valence-corrected chi connectivity index (χ1v) is 7.89. The van der Waals surface area contributed by atoms with Crippen LogP contribution in [0, 0.1) is 0 Å². The molecule has 0 bridgehead atoms. The van der Waals surface area contributed by atoms with Crippen LogP contribution >= 0.6 is 27.7 Å². The second-order valence-electron chi connectivity index (χ2n) is 4.51. The van der Waals surface area contributed by atoms with Gasteiger partial charge in [-0.3, -0.25) is 0 Å². The van der Waals surface area contributed by atoms with E-state index >= 15 is 0 Å². The lowest BCUT2D eigenvalue weighted by atomic mass is 10.1. The van der Waals surface area contributed by atoms with Gasteiger partial charge in [0.25, 0.3) is 0 Å². The number of nitrogens with zero attached hydrogens (tertiary/aromatic N) is 2. The minimum atomic E-state index is 0.521. The average Bonchev–Trinajstić information content (AvgIpc) is 2.87. The Hall–Kier alpha value is -0.910. The first kappa shape index (κ1) is 13.1. The molecule has 0 spiro atoms. The zero-order chi connectivity index (χ0) is 13.2. The number of aromatic nitrogens is 2. The molecule has 0 aliphatic heterocycles. The van der Waals surface area contributed by atoms with Gasteiger partial charge in [-0.05, 0) is 70.2 Å². The molecule has 0 fully saturated rings. The van der Waals surface area contributed by atoms with Crippen LogP contribution in [0.25, 0.3) is 0 Å². The number of hydrogen-bond acceptors (Lipinski definition) is 4. The van der Waals surface area contributed by atoms with Crippen LogP contribution in [0.5, 0.6) is 0 Å². The minimum absolute atomic E-state index is 0.521. The number of halogens is 1. The predicted octanol–water partition coefficient (Wildman–Crippen LogP) is 3.34. The fourth-order valence-corrected chi connectivity index (χ4v) is 3.66. The first-order chi connectivity index (χ1) is 9.28. The number of aryl methyl sites for hydroxylation is 2. The summed E-state index contributed by atoms with van der Waals surface area (Å²) in [6.07, 6.45) is 5.21. The van der Waals surface area contributed by atoms with Crippen molar-refractivity contribution in [2.45, 2.75) is 35.9 Å². The highest BCUT2D eigenvalue weighted by Crippen LogP contribution is 2.34. The predicted molar refractivity (Wildman–Crippen MR) is 80.2 cm³/mol. The summed E-state index contributed by atoms with van der Waals surface area (Å²) in [5.74, 6) is 0. The van der Waals surface area contributed by atoms with Crippen LogP contribution in [-0.2, 0) is 19.4 Å². The molecule has 2 aromatic rings. The molecule has 19 heavy (non-hydrogen) atoms. The molecule has 0 amide bonds. The van der Waals surface area contributed by atoms with Gasteiger partial charge in [-0.2, -0.15) is 0 Å². The van der Waals surface area contributed by atoms with Gasteiger partial charge in [-0.1, -0.05) is 6.07 Å². The third-order valence-corrected chi connectivity index (χ3v) is 5.20. The fraction of sp³-hybridized carbons (Fsp3) is 0.286. The third kappa shape index (κ3) is 2.68. The minimum Gasteiger partial charge on any atom is -0.326 e. The molecule has 2 heterocycles. The largest absolute Gasteiger partial charge is 0.326 e. The van der Waals surface area contributed by atoms with Gasteiger partial charge in [-0.15, -0.1) is 0 Å². The van der Waals surface area contributed by atoms with Gasteiger partial charge >= 0.3 is 0 Å². The van der Waals surface area contributed by atoms with Crippen LogP contribution in [0.4, 0.5) is 0 Å².